The van der Waals surface area contributed by atoms with Gasteiger partial charge >= 0.3 is 16.1 Å². The normalized spacial score (nSPS) is 11.5. The van der Waals surface area contributed by atoms with E-state index in [1.54, 1.807) is 12.1 Å². The van der Waals surface area contributed by atoms with Gasteiger partial charge in [-0.2, -0.15) is 8.42 Å². The first-order chi connectivity index (χ1) is 21.1. The van der Waals surface area contributed by atoms with Crippen LogP contribution in [-0.4, -0.2) is 24.6 Å². The number of fused-ring (bicyclic) bond motifs is 1. The van der Waals surface area contributed by atoms with Gasteiger partial charge in [-0.15, -0.1) is 11.3 Å². The summed E-state index contributed by atoms with van der Waals surface area (Å²) in [7, 11) is -4.36. The predicted octanol–water partition coefficient (Wildman–Crippen LogP) is 9.52. The number of carboxylic acid groups (broad SMARTS) is 1. The van der Waals surface area contributed by atoms with Crippen molar-refractivity contribution in [3.05, 3.63) is 134 Å². The van der Waals surface area contributed by atoms with Gasteiger partial charge in [-0.1, -0.05) is 72.8 Å². The van der Waals surface area contributed by atoms with E-state index in [0.717, 1.165) is 41.3 Å². The van der Waals surface area contributed by atoms with Crippen LogP contribution in [0.4, 0.5) is 0 Å². The van der Waals surface area contributed by atoms with Crippen molar-refractivity contribution in [2.45, 2.75) is 11.3 Å². The molecule has 0 saturated carbocycles. The highest BCUT2D eigenvalue weighted by Crippen LogP contribution is 2.43. The molecule has 1 heterocycles. The van der Waals surface area contributed by atoms with E-state index in [9.17, 15) is 18.3 Å². The Morgan fingerprint density at radius 2 is 1.39 bits per heavy atom. The van der Waals surface area contributed by atoms with Crippen LogP contribution >= 0.6 is 43.2 Å². The van der Waals surface area contributed by atoms with Crippen LogP contribution in [0.3, 0.4) is 0 Å². The molecule has 0 atom stereocenters. The summed E-state index contributed by atoms with van der Waals surface area (Å²) >= 11 is 8.94. The molecule has 44 heavy (non-hydrogen) atoms. The largest absolute Gasteiger partial charge is 0.507 e. The highest BCUT2D eigenvalue weighted by molar-refractivity contribution is 9.11. The quantitative estimate of drug-likeness (QED) is 0.150. The minimum Gasteiger partial charge on any atom is -0.507 e. The summed E-state index contributed by atoms with van der Waals surface area (Å²) in [6, 6.07) is 33.1. The van der Waals surface area contributed by atoms with Gasteiger partial charge in [0.25, 0.3) is 0 Å². The third kappa shape index (κ3) is 6.03. The third-order valence-electron chi connectivity index (χ3n) is 7.05. The van der Waals surface area contributed by atoms with Crippen LogP contribution in [0.5, 0.6) is 11.5 Å². The monoisotopic (exact) mass is 748 g/mol. The Morgan fingerprint density at radius 1 is 0.773 bits per heavy atom. The zero-order valence-electron chi connectivity index (χ0n) is 22.7. The minimum absolute atomic E-state index is 0.0289. The van der Waals surface area contributed by atoms with Crippen LogP contribution in [-0.2, 0) is 16.5 Å². The number of rotatable bonds is 8. The van der Waals surface area contributed by atoms with Gasteiger partial charge in [0.1, 0.15) is 22.0 Å². The minimum atomic E-state index is -4.36. The van der Waals surface area contributed by atoms with Crippen molar-refractivity contribution in [2.24, 2.45) is 0 Å². The number of aromatic hydroxyl groups is 1. The molecule has 0 saturated heterocycles. The number of hydrogen-bond acceptors (Lipinski definition) is 6. The summed E-state index contributed by atoms with van der Waals surface area (Å²) in [6.07, 6.45) is 0.835. The van der Waals surface area contributed by atoms with Gasteiger partial charge in [0.05, 0.1) is 0 Å². The molecule has 0 aliphatic heterocycles. The Balaban J connectivity index is 1.30. The lowest BCUT2D eigenvalue weighted by Gasteiger charge is -2.13. The lowest BCUT2D eigenvalue weighted by Crippen LogP contribution is -2.10. The molecule has 6 rings (SSSR count). The second kappa shape index (κ2) is 12.2. The standard InChI is InChI=1S/C34H22Br2O6S2/c35-27-17-23(42-44(40,41)24-14-15-25(34(38)39)29(37)19-24)18-28(36)33(27)22-12-10-21(11-13-22)32-26-8-4-5-9-30(26)43-31(32)16-20-6-2-1-3-7-20/h1-15,17-19,37H,16H2,(H,38,39). The number of aromatic carboxylic acids is 1. The first-order valence-corrected chi connectivity index (χ1v) is 17.1. The van der Waals surface area contributed by atoms with Crippen LogP contribution in [0.2, 0.25) is 0 Å². The second-order valence-corrected chi connectivity index (χ2v) is 14.3. The van der Waals surface area contributed by atoms with Crippen molar-refractivity contribution in [3.8, 4) is 33.8 Å². The van der Waals surface area contributed by atoms with Crippen molar-refractivity contribution in [2.75, 3.05) is 0 Å². The van der Waals surface area contributed by atoms with E-state index in [1.807, 2.05) is 29.5 Å². The molecule has 0 spiro atoms. The SMILES string of the molecule is O=C(O)c1ccc(S(=O)(=O)Oc2cc(Br)c(-c3ccc(-c4c(Cc5ccccc5)sc5ccccc45)cc3)c(Br)c2)cc1O. The Hall–Kier alpha value is -3.96. The molecule has 1 aromatic heterocycles. The first kappa shape index (κ1) is 30.1. The van der Waals surface area contributed by atoms with Gasteiger partial charge in [-0.3, -0.25) is 0 Å². The summed E-state index contributed by atoms with van der Waals surface area (Å²) in [6.45, 7) is 0. The van der Waals surface area contributed by atoms with Crippen LogP contribution in [0, 0.1) is 0 Å². The number of hydrogen-bond donors (Lipinski definition) is 2. The van der Waals surface area contributed by atoms with Gasteiger partial charge in [-0.05, 0) is 78.9 Å². The van der Waals surface area contributed by atoms with E-state index >= 15 is 0 Å². The Labute approximate surface area is 274 Å². The Morgan fingerprint density at radius 3 is 2.02 bits per heavy atom. The summed E-state index contributed by atoms with van der Waals surface area (Å²) in [5.41, 5.74) is 4.88. The van der Waals surface area contributed by atoms with E-state index in [1.165, 1.54) is 26.1 Å². The van der Waals surface area contributed by atoms with Crippen molar-refractivity contribution in [1.29, 1.82) is 0 Å². The Kier molecular flexibility index (Phi) is 8.34. The van der Waals surface area contributed by atoms with Crippen molar-refractivity contribution in [3.63, 3.8) is 0 Å². The van der Waals surface area contributed by atoms with Crippen molar-refractivity contribution < 1.29 is 27.6 Å². The average Bonchev–Trinajstić information content (AvgIpc) is 3.35. The third-order valence-corrected chi connectivity index (χ3v) is 10.7. The predicted molar refractivity (Wildman–Crippen MR) is 180 cm³/mol. The lowest BCUT2D eigenvalue weighted by molar-refractivity contribution is 0.0693. The molecular weight excluding hydrogens is 728 g/mol. The highest BCUT2D eigenvalue weighted by Gasteiger charge is 2.22. The van der Waals surface area contributed by atoms with E-state index in [0.29, 0.717) is 8.95 Å². The van der Waals surface area contributed by atoms with E-state index in [-0.39, 0.29) is 10.6 Å². The molecule has 220 valence electrons. The van der Waals surface area contributed by atoms with Gasteiger partial charge in [-0.25, -0.2) is 4.79 Å². The molecule has 0 aliphatic rings. The molecule has 2 N–H and O–H groups in total. The smallest absolute Gasteiger partial charge is 0.339 e. The zero-order valence-corrected chi connectivity index (χ0v) is 27.5. The number of thiophene rings is 1. The van der Waals surface area contributed by atoms with Crippen molar-refractivity contribution in [1.82, 2.24) is 0 Å². The molecule has 0 fully saturated rings. The van der Waals surface area contributed by atoms with Crippen LogP contribution in [0.25, 0.3) is 32.3 Å². The summed E-state index contributed by atoms with van der Waals surface area (Å²) in [5.74, 6) is -2.02. The van der Waals surface area contributed by atoms with E-state index in [2.05, 4.69) is 92.5 Å². The summed E-state index contributed by atoms with van der Waals surface area (Å²) < 4.78 is 33.5. The number of carbonyl (C=O) groups is 1. The van der Waals surface area contributed by atoms with E-state index < -0.39 is 27.4 Å². The molecule has 6 aromatic rings. The maximum atomic E-state index is 12.9. The maximum absolute atomic E-state index is 12.9. The molecule has 5 aromatic carbocycles. The Bertz CT molecular complexity index is 2120. The number of carboxylic acids is 1. The summed E-state index contributed by atoms with van der Waals surface area (Å²) in [5, 5.41) is 20.3. The number of phenols is 1. The van der Waals surface area contributed by atoms with Gasteiger partial charge in [0, 0.05) is 47.5 Å². The molecule has 0 amide bonds. The fourth-order valence-corrected chi connectivity index (χ4v) is 8.82. The van der Waals surface area contributed by atoms with Gasteiger partial charge < -0.3 is 14.4 Å². The molecule has 0 radical (unpaired) electrons. The zero-order chi connectivity index (χ0) is 31.0. The second-order valence-electron chi connectivity index (χ2n) is 9.92. The van der Waals surface area contributed by atoms with Gasteiger partial charge in [0.15, 0.2) is 0 Å². The van der Waals surface area contributed by atoms with E-state index in [4.69, 9.17) is 9.29 Å². The average molecular weight is 750 g/mol. The van der Waals surface area contributed by atoms with Gasteiger partial charge in [0.2, 0.25) is 0 Å². The molecule has 6 nitrogen and oxygen atoms in total. The fraction of sp³-hybridized carbons (Fsp3) is 0.0294. The molecular formula is C34H22Br2O6S2. The lowest BCUT2D eigenvalue weighted by atomic mass is 9.96. The fourth-order valence-electron chi connectivity index (χ4n) is 5.02. The first-order valence-electron chi connectivity index (χ1n) is 13.3. The summed E-state index contributed by atoms with van der Waals surface area (Å²) in [4.78, 5) is 12.1. The molecule has 0 aliphatic carbocycles. The highest BCUT2D eigenvalue weighted by atomic mass is 79.9. The van der Waals surface area contributed by atoms with Crippen LogP contribution < -0.4 is 4.18 Å². The maximum Gasteiger partial charge on any atom is 0.339 e. The van der Waals surface area contributed by atoms with Crippen molar-refractivity contribution >= 4 is 69.4 Å². The van der Waals surface area contributed by atoms with Crippen LogP contribution in [0.15, 0.2) is 123 Å². The molecule has 10 heteroatoms. The number of halogens is 2. The van der Waals surface area contributed by atoms with Crippen LogP contribution in [0.1, 0.15) is 20.8 Å². The topological polar surface area (TPSA) is 101 Å². The molecule has 0 unspecified atom stereocenters. The number of benzene rings is 5. The molecule has 0 bridgehead atoms.